The van der Waals surface area contributed by atoms with Gasteiger partial charge in [-0.05, 0) is 32.6 Å². The summed E-state index contributed by atoms with van der Waals surface area (Å²) in [4.78, 5) is 9.28. The molecule has 1 saturated carbocycles. The fraction of sp³-hybridized carbons (Fsp3) is 0.750. The molecule has 1 aromatic heterocycles. The van der Waals surface area contributed by atoms with Gasteiger partial charge in [-0.3, -0.25) is 0 Å². The normalized spacial score (nSPS) is 21.5. The van der Waals surface area contributed by atoms with Gasteiger partial charge in [-0.1, -0.05) is 13.8 Å². The van der Waals surface area contributed by atoms with E-state index in [-0.39, 0.29) is 6.10 Å². The molecule has 1 aliphatic carbocycles. The van der Waals surface area contributed by atoms with Crippen LogP contribution < -0.4 is 10.6 Å². The second-order valence-electron chi connectivity index (χ2n) is 5.70. The zero-order valence-electron chi connectivity index (χ0n) is 13.7. The highest BCUT2D eigenvalue weighted by atomic mass is 16.5. The SMILES string of the molecule is CCCNc1nc(CC)nc(NC2CCCC2OC)c1C. The van der Waals surface area contributed by atoms with Gasteiger partial charge in [0.05, 0.1) is 12.1 Å². The van der Waals surface area contributed by atoms with Gasteiger partial charge in [-0.25, -0.2) is 9.97 Å². The second kappa shape index (κ2) is 7.59. The molecular formula is C16H28N4O. The molecule has 2 N–H and O–H groups in total. The van der Waals surface area contributed by atoms with Crippen molar-refractivity contribution in [3.8, 4) is 0 Å². The van der Waals surface area contributed by atoms with Gasteiger partial charge in [0.15, 0.2) is 0 Å². The molecule has 1 fully saturated rings. The van der Waals surface area contributed by atoms with Crippen LogP contribution in [0.1, 0.15) is 50.9 Å². The largest absolute Gasteiger partial charge is 0.379 e. The van der Waals surface area contributed by atoms with Crippen LogP contribution in [0.5, 0.6) is 0 Å². The molecule has 0 saturated heterocycles. The van der Waals surface area contributed by atoms with Crippen molar-refractivity contribution < 1.29 is 4.74 Å². The molecular weight excluding hydrogens is 264 g/mol. The van der Waals surface area contributed by atoms with Crippen LogP contribution in [0.3, 0.4) is 0 Å². The number of aromatic nitrogens is 2. The molecule has 21 heavy (non-hydrogen) atoms. The Morgan fingerprint density at radius 2 is 1.95 bits per heavy atom. The van der Waals surface area contributed by atoms with E-state index in [0.29, 0.717) is 6.04 Å². The van der Waals surface area contributed by atoms with Crippen molar-refractivity contribution in [3.63, 3.8) is 0 Å². The Balaban J connectivity index is 2.20. The number of ether oxygens (including phenoxy) is 1. The fourth-order valence-corrected chi connectivity index (χ4v) is 2.83. The molecule has 1 aromatic rings. The third-order valence-electron chi connectivity index (χ3n) is 4.13. The predicted octanol–water partition coefficient (Wildman–Crippen LogP) is 3.15. The van der Waals surface area contributed by atoms with E-state index >= 15 is 0 Å². The molecule has 2 rings (SSSR count). The average molecular weight is 292 g/mol. The Kier molecular flexibility index (Phi) is 5.79. The van der Waals surface area contributed by atoms with Crippen LogP contribution in [0, 0.1) is 6.92 Å². The lowest BCUT2D eigenvalue weighted by Gasteiger charge is -2.22. The number of rotatable bonds is 7. The van der Waals surface area contributed by atoms with Gasteiger partial charge in [-0.2, -0.15) is 0 Å². The predicted molar refractivity (Wildman–Crippen MR) is 87.0 cm³/mol. The first kappa shape index (κ1) is 16.0. The summed E-state index contributed by atoms with van der Waals surface area (Å²) in [6.45, 7) is 7.26. The fourth-order valence-electron chi connectivity index (χ4n) is 2.83. The zero-order chi connectivity index (χ0) is 15.2. The van der Waals surface area contributed by atoms with E-state index in [1.54, 1.807) is 7.11 Å². The summed E-state index contributed by atoms with van der Waals surface area (Å²) < 4.78 is 5.57. The van der Waals surface area contributed by atoms with E-state index in [1.165, 1.54) is 6.42 Å². The molecule has 0 spiro atoms. The topological polar surface area (TPSA) is 59.1 Å². The molecule has 0 amide bonds. The van der Waals surface area contributed by atoms with Crippen molar-refractivity contribution in [2.24, 2.45) is 0 Å². The Morgan fingerprint density at radius 3 is 2.62 bits per heavy atom. The van der Waals surface area contributed by atoms with Crippen molar-refractivity contribution in [1.29, 1.82) is 0 Å². The maximum absolute atomic E-state index is 5.57. The molecule has 5 heteroatoms. The number of hydrogen-bond donors (Lipinski definition) is 2. The van der Waals surface area contributed by atoms with Crippen LogP contribution in [-0.4, -0.2) is 35.8 Å². The van der Waals surface area contributed by atoms with Crippen LogP contribution in [0.2, 0.25) is 0 Å². The zero-order valence-corrected chi connectivity index (χ0v) is 13.7. The van der Waals surface area contributed by atoms with Crippen molar-refractivity contribution in [3.05, 3.63) is 11.4 Å². The maximum atomic E-state index is 5.57. The molecule has 0 aromatic carbocycles. The van der Waals surface area contributed by atoms with E-state index in [9.17, 15) is 0 Å². The first-order chi connectivity index (χ1) is 10.2. The number of anilines is 2. The van der Waals surface area contributed by atoms with Crippen LogP contribution in [0.25, 0.3) is 0 Å². The van der Waals surface area contributed by atoms with E-state index < -0.39 is 0 Å². The van der Waals surface area contributed by atoms with Crippen LogP contribution >= 0.6 is 0 Å². The van der Waals surface area contributed by atoms with Gasteiger partial charge in [0, 0.05) is 25.6 Å². The highest BCUT2D eigenvalue weighted by molar-refractivity contribution is 5.57. The first-order valence-corrected chi connectivity index (χ1v) is 8.10. The number of hydrogen-bond acceptors (Lipinski definition) is 5. The Morgan fingerprint density at radius 1 is 1.19 bits per heavy atom. The standard InChI is InChI=1S/C16H28N4O/c1-5-10-17-15-11(3)16(20-14(6-2)19-15)18-12-8-7-9-13(12)21-4/h12-13H,5-10H2,1-4H3,(H2,17,18,19,20). The van der Waals surface area contributed by atoms with Gasteiger partial charge in [-0.15, -0.1) is 0 Å². The highest BCUT2D eigenvalue weighted by Crippen LogP contribution is 2.27. The summed E-state index contributed by atoms with van der Waals surface area (Å²) in [5, 5.41) is 6.99. The summed E-state index contributed by atoms with van der Waals surface area (Å²) in [6.07, 6.45) is 5.69. The van der Waals surface area contributed by atoms with Crippen LogP contribution in [0.15, 0.2) is 0 Å². The Labute approximate surface area is 127 Å². The van der Waals surface area contributed by atoms with Crippen molar-refractivity contribution >= 4 is 11.6 Å². The summed E-state index contributed by atoms with van der Waals surface area (Å²) in [5.41, 5.74) is 1.10. The quantitative estimate of drug-likeness (QED) is 0.808. The van der Waals surface area contributed by atoms with Gasteiger partial charge >= 0.3 is 0 Å². The van der Waals surface area contributed by atoms with Crippen LogP contribution in [0.4, 0.5) is 11.6 Å². The van der Waals surface area contributed by atoms with Crippen molar-refractivity contribution in [1.82, 2.24) is 9.97 Å². The Hall–Kier alpha value is -1.36. The minimum Gasteiger partial charge on any atom is -0.379 e. The second-order valence-corrected chi connectivity index (χ2v) is 5.70. The molecule has 1 heterocycles. The van der Waals surface area contributed by atoms with Gasteiger partial charge in [0.25, 0.3) is 0 Å². The summed E-state index contributed by atoms with van der Waals surface area (Å²) in [5.74, 6) is 2.79. The molecule has 0 aliphatic heterocycles. The number of aryl methyl sites for hydroxylation is 1. The maximum Gasteiger partial charge on any atom is 0.135 e. The molecule has 2 atom stereocenters. The summed E-state index contributed by atoms with van der Waals surface area (Å²) in [6, 6.07) is 0.354. The number of nitrogens with zero attached hydrogens (tertiary/aromatic N) is 2. The van der Waals surface area contributed by atoms with Crippen molar-refractivity contribution in [2.75, 3.05) is 24.3 Å². The first-order valence-electron chi connectivity index (χ1n) is 8.10. The monoisotopic (exact) mass is 292 g/mol. The highest BCUT2D eigenvalue weighted by Gasteiger charge is 2.28. The number of methoxy groups -OCH3 is 1. The number of nitrogens with one attached hydrogen (secondary N) is 2. The lowest BCUT2D eigenvalue weighted by Crippen LogP contribution is -2.30. The van der Waals surface area contributed by atoms with Gasteiger partial charge in [0.1, 0.15) is 17.5 Å². The van der Waals surface area contributed by atoms with E-state index in [4.69, 9.17) is 4.74 Å². The van der Waals surface area contributed by atoms with E-state index in [0.717, 1.165) is 55.3 Å². The van der Waals surface area contributed by atoms with Gasteiger partial charge in [0.2, 0.25) is 0 Å². The molecule has 0 bridgehead atoms. The molecule has 0 radical (unpaired) electrons. The Bertz CT molecular complexity index is 464. The average Bonchev–Trinajstić information content (AvgIpc) is 2.95. The van der Waals surface area contributed by atoms with Crippen LogP contribution in [-0.2, 0) is 11.2 Å². The minimum atomic E-state index is 0.288. The van der Waals surface area contributed by atoms with E-state index in [2.05, 4.69) is 41.4 Å². The molecule has 1 aliphatic rings. The third-order valence-corrected chi connectivity index (χ3v) is 4.13. The molecule has 5 nitrogen and oxygen atoms in total. The lowest BCUT2D eigenvalue weighted by atomic mass is 10.2. The summed E-state index contributed by atoms with van der Waals surface area (Å²) >= 11 is 0. The smallest absolute Gasteiger partial charge is 0.135 e. The minimum absolute atomic E-state index is 0.288. The van der Waals surface area contributed by atoms with Gasteiger partial charge < -0.3 is 15.4 Å². The molecule has 2 unspecified atom stereocenters. The molecule has 118 valence electrons. The summed E-state index contributed by atoms with van der Waals surface area (Å²) in [7, 11) is 1.79. The van der Waals surface area contributed by atoms with Crippen molar-refractivity contribution in [2.45, 2.75) is 65.0 Å². The van der Waals surface area contributed by atoms with E-state index in [1.807, 2.05) is 0 Å². The lowest BCUT2D eigenvalue weighted by molar-refractivity contribution is 0.101. The third kappa shape index (κ3) is 3.84.